The lowest BCUT2D eigenvalue weighted by molar-refractivity contribution is -0.385. The Hall–Kier alpha value is -1.99. The molecule has 104 valence electrons. The molecule has 0 aliphatic rings. The molecule has 0 amide bonds. The van der Waals surface area contributed by atoms with Crippen LogP contribution in [0.3, 0.4) is 0 Å². The summed E-state index contributed by atoms with van der Waals surface area (Å²) in [7, 11) is 0. The van der Waals surface area contributed by atoms with Crippen LogP contribution < -0.4 is 5.32 Å². The summed E-state index contributed by atoms with van der Waals surface area (Å²) in [6, 6.07) is 8.89. The van der Waals surface area contributed by atoms with Gasteiger partial charge in [-0.25, -0.2) is 4.98 Å². The minimum atomic E-state index is -0.491. The van der Waals surface area contributed by atoms with Crippen LogP contribution in [0.1, 0.15) is 11.1 Å². The van der Waals surface area contributed by atoms with E-state index in [9.17, 15) is 10.1 Å². The molecule has 0 saturated carbocycles. The Bertz CT molecular complexity index is 617. The molecule has 0 bridgehead atoms. The fourth-order valence-electron chi connectivity index (χ4n) is 1.61. The highest BCUT2D eigenvalue weighted by Gasteiger charge is 2.10. The number of halogens is 1. The van der Waals surface area contributed by atoms with E-state index >= 15 is 0 Å². The number of hydrogen-bond acceptors (Lipinski definition) is 5. The standard InChI is InChI=1S/C13H12BrN3O3/c14-12-5-11(17(19)20)7-16-13(12)15-6-9-1-3-10(8-18)4-2-9/h1-5,7,18H,6,8H2,(H,15,16). The quantitative estimate of drug-likeness (QED) is 0.646. The fourth-order valence-corrected chi connectivity index (χ4v) is 2.08. The Morgan fingerprint density at radius 3 is 2.50 bits per heavy atom. The number of aliphatic hydroxyl groups is 1. The molecule has 6 nitrogen and oxygen atoms in total. The first-order chi connectivity index (χ1) is 9.60. The molecular formula is C13H12BrN3O3. The van der Waals surface area contributed by atoms with E-state index in [1.54, 1.807) is 0 Å². The maximum absolute atomic E-state index is 10.6. The Balaban J connectivity index is 2.04. The molecule has 0 spiro atoms. The van der Waals surface area contributed by atoms with Gasteiger partial charge in [0, 0.05) is 12.6 Å². The van der Waals surface area contributed by atoms with E-state index < -0.39 is 4.92 Å². The highest BCUT2D eigenvalue weighted by atomic mass is 79.9. The van der Waals surface area contributed by atoms with Gasteiger partial charge in [-0.05, 0) is 27.1 Å². The van der Waals surface area contributed by atoms with Crippen molar-refractivity contribution < 1.29 is 10.0 Å². The lowest BCUT2D eigenvalue weighted by Crippen LogP contribution is -2.03. The summed E-state index contributed by atoms with van der Waals surface area (Å²) in [5, 5.41) is 22.7. The summed E-state index contributed by atoms with van der Waals surface area (Å²) >= 11 is 3.25. The lowest BCUT2D eigenvalue weighted by Gasteiger charge is -2.08. The number of rotatable bonds is 5. The number of anilines is 1. The SMILES string of the molecule is O=[N+]([O-])c1cnc(NCc2ccc(CO)cc2)c(Br)c1. The second-order valence-corrected chi connectivity index (χ2v) is 4.96. The fraction of sp³-hybridized carbons (Fsp3) is 0.154. The number of aliphatic hydroxyl groups excluding tert-OH is 1. The maximum atomic E-state index is 10.6. The number of nitrogens with zero attached hydrogens (tertiary/aromatic N) is 2. The number of hydrogen-bond donors (Lipinski definition) is 2. The molecule has 0 fully saturated rings. The van der Waals surface area contributed by atoms with Crippen LogP contribution in [0.4, 0.5) is 11.5 Å². The van der Waals surface area contributed by atoms with E-state index in [1.807, 2.05) is 24.3 Å². The van der Waals surface area contributed by atoms with Crippen LogP contribution >= 0.6 is 15.9 Å². The Kier molecular flexibility index (Phi) is 4.65. The smallest absolute Gasteiger partial charge is 0.288 e. The average molecular weight is 338 g/mol. The van der Waals surface area contributed by atoms with Crippen molar-refractivity contribution in [3.8, 4) is 0 Å². The van der Waals surface area contributed by atoms with E-state index in [0.29, 0.717) is 16.8 Å². The van der Waals surface area contributed by atoms with Crippen molar-refractivity contribution in [3.63, 3.8) is 0 Å². The number of pyridine rings is 1. The van der Waals surface area contributed by atoms with Crippen molar-refractivity contribution >= 4 is 27.4 Å². The first-order valence-electron chi connectivity index (χ1n) is 5.82. The number of benzene rings is 1. The summed E-state index contributed by atoms with van der Waals surface area (Å²) in [6.45, 7) is 0.554. The average Bonchev–Trinajstić information content (AvgIpc) is 2.46. The molecule has 0 radical (unpaired) electrons. The van der Waals surface area contributed by atoms with Gasteiger partial charge in [0.2, 0.25) is 0 Å². The van der Waals surface area contributed by atoms with Gasteiger partial charge >= 0.3 is 0 Å². The van der Waals surface area contributed by atoms with Gasteiger partial charge in [-0.2, -0.15) is 0 Å². The molecular weight excluding hydrogens is 326 g/mol. The van der Waals surface area contributed by atoms with Crippen molar-refractivity contribution in [1.82, 2.24) is 4.98 Å². The molecule has 1 aromatic heterocycles. The van der Waals surface area contributed by atoms with E-state index in [0.717, 1.165) is 11.1 Å². The van der Waals surface area contributed by atoms with E-state index in [2.05, 4.69) is 26.2 Å². The van der Waals surface area contributed by atoms with Crippen molar-refractivity contribution in [2.75, 3.05) is 5.32 Å². The molecule has 1 heterocycles. The van der Waals surface area contributed by atoms with Crippen molar-refractivity contribution in [2.24, 2.45) is 0 Å². The zero-order chi connectivity index (χ0) is 14.5. The van der Waals surface area contributed by atoms with Crippen LogP contribution in [0.15, 0.2) is 41.0 Å². The van der Waals surface area contributed by atoms with Crippen LogP contribution in [0.2, 0.25) is 0 Å². The van der Waals surface area contributed by atoms with Crippen LogP contribution in [-0.4, -0.2) is 15.0 Å². The third kappa shape index (κ3) is 3.52. The molecule has 0 aliphatic carbocycles. The van der Waals surface area contributed by atoms with Gasteiger partial charge in [-0.1, -0.05) is 24.3 Å². The number of aromatic nitrogens is 1. The molecule has 0 atom stereocenters. The van der Waals surface area contributed by atoms with Gasteiger partial charge in [0.05, 0.1) is 16.0 Å². The molecule has 2 N–H and O–H groups in total. The summed E-state index contributed by atoms with van der Waals surface area (Å²) in [4.78, 5) is 14.1. The highest BCUT2D eigenvalue weighted by Crippen LogP contribution is 2.24. The number of nitro groups is 1. The van der Waals surface area contributed by atoms with Crippen LogP contribution in [0.25, 0.3) is 0 Å². The van der Waals surface area contributed by atoms with E-state index in [-0.39, 0.29) is 12.3 Å². The van der Waals surface area contributed by atoms with Gasteiger partial charge < -0.3 is 10.4 Å². The lowest BCUT2D eigenvalue weighted by atomic mass is 10.1. The zero-order valence-corrected chi connectivity index (χ0v) is 12.0. The monoisotopic (exact) mass is 337 g/mol. The zero-order valence-electron chi connectivity index (χ0n) is 10.4. The first-order valence-corrected chi connectivity index (χ1v) is 6.62. The van der Waals surface area contributed by atoms with E-state index in [1.165, 1.54) is 12.3 Å². The van der Waals surface area contributed by atoms with Crippen molar-refractivity contribution in [1.29, 1.82) is 0 Å². The maximum Gasteiger partial charge on any atom is 0.288 e. The Morgan fingerprint density at radius 1 is 1.30 bits per heavy atom. The third-order valence-electron chi connectivity index (χ3n) is 2.70. The second-order valence-electron chi connectivity index (χ2n) is 4.11. The summed E-state index contributed by atoms with van der Waals surface area (Å²) in [5.41, 5.74) is 1.81. The third-order valence-corrected chi connectivity index (χ3v) is 3.31. The van der Waals surface area contributed by atoms with E-state index in [4.69, 9.17) is 5.11 Å². The Morgan fingerprint density at radius 2 is 1.95 bits per heavy atom. The second kappa shape index (κ2) is 6.44. The molecule has 7 heteroatoms. The largest absolute Gasteiger partial charge is 0.392 e. The van der Waals surface area contributed by atoms with Gasteiger partial charge in [-0.3, -0.25) is 10.1 Å². The van der Waals surface area contributed by atoms with Crippen LogP contribution in [0, 0.1) is 10.1 Å². The summed E-state index contributed by atoms with van der Waals surface area (Å²) in [6.07, 6.45) is 1.21. The first kappa shape index (κ1) is 14.4. The minimum absolute atomic E-state index is 0.0170. The van der Waals surface area contributed by atoms with Gasteiger partial charge in [0.15, 0.2) is 0 Å². The summed E-state index contributed by atoms with van der Waals surface area (Å²) < 4.78 is 0.540. The highest BCUT2D eigenvalue weighted by molar-refractivity contribution is 9.10. The molecule has 0 unspecified atom stereocenters. The molecule has 0 saturated heterocycles. The van der Waals surface area contributed by atoms with Gasteiger partial charge in [0.1, 0.15) is 12.0 Å². The Labute approximate surface area is 123 Å². The van der Waals surface area contributed by atoms with Gasteiger partial charge in [0.25, 0.3) is 5.69 Å². The minimum Gasteiger partial charge on any atom is -0.392 e. The predicted octanol–water partition coefficient (Wildman–Crippen LogP) is 2.86. The topological polar surface area (TPSA) is 88.3 Å². The molecule has 2 rings (SSSR count). The predicted molar refractivity (Wildman–Crippen MR) is 78.3 cm³/mol. The molecule has 0 aliphatic heterocycles. The number of nitrogens with one attached hydrogen (secondary N) is 1. The van der Waals surface area contributed by atoms with Crippen molar-refractivity contribution in [2.45, 2.75) is 13.2 Å². The normalized spacial score (nSPS) is 10.3. The van der Waals surface area contributed by atoms with Gasteiger partial charge in [-0.15, -0.1) is 0 Å². The summed E-state index contributed by atoms with van der Waals surface area (Å²) in [5.74, 6) is 0.543. The van der Waals surface area contributed by atoms with Crippen LogP contribution in [-0.2, 0) is 13.2 Å². The molecule has 2 aromatic rings. The van der Waals surface area contributed by atoms with Crippen LogP contribution in [0.5, 0.6) is 0 Å². The molecule has 1 aromatic carbocycles. The molecule has 20 heavy (non-hydrogen) atoms. The van der Waals surface area contributed by atoms with Crippen molar-refractivity contribution in [3.05, 3.63) is 62.2 Å².